The molecule has 3 atom stereocenters. The van der Waals surface area contributed by atoms with Crippen molar-refractivity contribution < 1.29 is 0 Å². The third kappa shape index (κ3) is 5.45. The maximum atomic E-state index is 6.31. The zero-order valence-electron chi connectivity index (χ0n) is 18.2. The molecular formula is C24H39ClN4. The lowest BCUT2D eigenvalue weighted by atomic mass is 9.75. The van der Waals surface area contributed by atoms with Gasteiger partial charge in [0.25, 0.3) is 0 Å². The Balaban J connectivity index is 1.22. The average Bonchev–Trinajstić information content (AvgIpc) is 3.15. The Bertz CT molecular complexity index is 600. The summed E-state index contributed by atoms with van der Waals surface area (Å²) in [4.78, 5) is 2.71. The van der Waals surface area contributed by atoms with E-state index in [1.165, 1.54) is 58.2 Å². The van der Waals surface area contributed by atoms with Gasteiger partial charge in [0.2, 0.25) is 0 Å². The first-order valence-electron chi connectivity index (χ1n) is 11.9. The van der Waals surface area contributed by atoms with E-state index in [2.05, 4.69) is 64.8 Å². The summed E-state index contributed by atoms with van der Waals surface area (Å²) in [5, 5.41) is 11.0. The van der Waals surface area contributed by atoms with E-state index in [0.717, 1.165) is 18.4 Å². The fourth-order valence-corrected chi connectivity index (χ4v) is 5.87. The molecule has 4 rings (SSSR count). The van der Waals surface area contributed by atoms with E-state index in [9.17, 15) is 0 Å². The number of alkyl halides is 1. The quantitative estimate of drug-likeness (QED) is 0.618. The summed E-state index contributed by atoms with van der Waals surface area (Å²) in [5.41, 5.74) is 0. The first-order chi connectivity index (χ1) is 14.1. The second-order valence-electron chi connectivity index (χ2n) is 9.93. The van der Waals surface area contributed by atoms with Crippen LogP contribution in [0.5, 0.6) is 0 Å². The van der Waals surface area contributed by atoms with Gasteiger partial charge in [-0.15, -0.1) is 11.6 Å². The smallest absolute Gasteiger partial charge is 0.0792 e. The molecular weight excluding hydrogens is 380 g/mol. The molecule has 0 amide bonds. The van der Waals surface area contributed by atoms with Crippen LogP contribution in [0, 0.1) is 23.7 Å². The highest BCUT2D eigenvalue weighted by molar-refractivity contribution is 6.20. The van der Waals surface area contributed by atoms with Crippen LogP contribution in [0.1, 0.15) is 52.4 Å². The minimum absolute atomic E-state index is 0.388. The van der Waals surface area contributed by atoms with E-state index in [4.69, 9.17) is 11.6 Å². The van der Waals surface area contributed by atoms with E-state index >= 15 is 0 Å². The number of halogens is 1. The first-order valence-corrected chi connectivity index (χ1v) is 12.3. The van der Waals surface area contributed by atoms with Crippen molar-refractivity contribution >= 4 is 17.8 Å². The van der Waals surface area contributed by atoms with Crippen LogP contribution in [0.25, 0.3) is 0 Å². The molecule has 1 saturated heterocycles. The van der Waals surface area contributed by atoms with Gasteiger partial charge in [0.1, 0.15) is 0 Å². The van der Waals surface area contributed by atoms with Crippen LogP contribution in [0.3, 0.4) is 0 Å². The fraction of sp³-hybridized carbons (Fsp3) is 0.792. The van der Waals surface area contributed by atoms with Crippen LogP contribution >= 0.6 is 11.6 Å². The summed E-state index contributed by atoms with van der Waals surface area (Å²) >= 11 is 6.31. The summed E-state index contributed by atoms with van der Waals surface area (Å²) < 4.78 is 0. The maximum absolute atomic E-state index is 6.31. The molecule has 0 aromatic rings. The van der Waals surface area contributed by atoms with Gasteiger partial charge in [0, 0.05) is 42.8 Å². The van der Waals surface area contributed by atoms with E-state index in [-0.39, 0.29) is 0 Å². The zero-order valence-corrected chi connectivity index (χ0v) is 19.0. The molecule has 1 aliphatic carbocycles. The highest BCUT2D eigenvalue weighted by Crippen LogP contribution is 2.37. The van der Waals surface area contributed by atoms with E-state index in [1.54, 1.807) is 0 Å². The predicted octanol–water partition coefficient (Wildman–Crippen LogP) is 4.48. The normalized spacial score (nSPS) is 34.1. The highest BCUT2D eigenvalue weighted by Gasteiger charge is 2.32. The van der Waals surface area contributed by atoms with Crippen molar-refractivity contribution in [1.29, 1.82) is 0 Å². The SMILES string of the molecule is CC(C)[C@H](CN1CCC(C2CCC(Cl)CC2)CC1)NCC1C=NN2C=CC=CC12. The van der Waals surface area contributed by atoms with E-state index in [1.807, 2.05) is 0 Å². The zero-order chi connectivity index (χ0) is 20.2. The number of piperidine rings is 1. The van der Waals surface area contributed by atoms with Crippen LogP contribution in [-0.2, 0) is 0 Å². The highest BCUT2D eigenvalue weighted by atomic mass is 35.5. The van der Waals surface area contributed by atoms with Crippen molar-refractivity contribution in [2.45, 2.75) is 69.8 Å². The molecule has 1 saturated carbocycles. The van der Waals surface area contributed by atoms with Gasteiger partial charge in [0.15, 0.2) is 0 Å². The first kappa shape index (κ1) is 21.4. The maximum Gasteiger partial charge on any atom is 0.0792 e. The molecule has 3 heterocycles. The second-order valence-corrected chi connectivity index (χ2v) is 10.6. The molecule has 3 aliphatic heterocycles. The largest absolute Gasteiger partial charge is 0.312 e. The molecule has 0 spiro atoms. The molecule has 162 valence electrons. The number of nitrogens with zero attached hydrogens (tertiary/aromatic N) is 3. The minimum atomic E-state index is 0.388. The molecule has 0 radical (unpaired) electrons. The van der Waals surface area contributed by atoms with Crippen molar-refractivity contribution in [3.63, 3.8) is 0 Å². The van der Waals surface area contributed by atoms with Crippen LogP contribution in [0.15, 0.2) is 29.5 Å². The van der Waals surface area contributed by atoms with Crippen LogP contribution in [0.2, 0.25) is 0 Å². The standard InChI is InChI=1S/C24H39ClN4/c1-18(2)23(26-15-21-16-27-29-12-4-3-5-24(21)29)17-28-13-10-20(11-14-28)19-6-8-22(25)9-7-19/h3-5,12,16,18-24,26H,6-11,13-15,17H2,1-2H3/t19?,21?,22?,23-,24?/m0/s1. The van der Waals surface area contributed by atoms with Crippen molar-refractivity contribution in [2.24, 2.45) is 28.8 Å². The number of hydrazone groups is 1. The summed E-state index contributed by atoms with van der Waals surface area (Å²) in [6.45, 7) is 9.42. The van der Waals surface area contributed by atoms with Crippen molar-refractivity contribution in [2.75, 3.05) is 26.2 Å². The topological polar surface area (TPSA) is 30.9 Å². The van der Waals surface area contributed by atoms with Gasteiger partial charge >= 0.3 is 0 Å². The predicted molar refractivity (Wildman–Crippen MR) is 123 cm³/mol. The van der Waals surface area contributed by atoms with Gasteiger partial charge in [-0.3, -0.25) is 5.01 Å². The Morgan fingerprint density at radius 1 is 1.03 bits per heavy atom. The Morgan fingerprint density at radius 3 is 2.48 bits per heavy atom. The Morgan fingerprint density at radius 2 is 1.76 bits per heavy atom. The third-order valence-corrected chi connectivity index (χ3v) is 8.11. The molecule has 29 heavy (non-hydrogen) atoms. The lowest BCUT2D eigenvalue weighted by Crippen LogP contribution is -2.49. The Hall–Kier alpha value is -0.840. The molecule has 0 bridgehead atoms. The van der Waals surface area contributed by atoms with Gasteiger partial charge in [-0.05, 0) is 75.4 Å². The Kier molecular flexibility index (Phi) is 7.36. The van der Waals surface area contributed by atoms with Crippen LogP contribution in [-0.4, -0.2) is 59.8 Å². The molecule has 4 nitrogen and oxygen atoms in total. The van der Waals surface area contributed by atoms with Crippen molar-refractivity contribution in [3.8, 4) is 0 Å². The molecule has 4 aliphatic rings. The van der Waals surface area contributed by atoms with E-state index < -0.39 is 0 Å². The molecule has 2 fully saturated rings. The number of allylic oxidation sites excluding steroid dienone is 2. The molecule has 2 unspecified atom stereocenters. The van der Waals surface area contributed by atoms with Gasteiger partial charge in [0.05, 0.1) is 6.04 Å². The number of nitrogens with one attached hydrogen (secondary N) is 1. The van der Waals surface area contributed by atoms with Crippen molar-refractivity contribution in [1.82, 2.24) is 15.2 Å². The lowest BCUT2D eigenvalue weighted by molar-refractivity contribution is 0.113. The molecule has 0 aromatic heterocycles. The third-order valence-electron chi connectivity index (χ3n) is 7.67. The number of fused-ring (bicyclic) bond motifs is 1. The van der Waals surface area contributed by atoms with Crippen molar-refractivity contribution in [3.05, 3.63) is 24.4 Å². The summed E-state index contributed by atoms with van der Waals surface area (Å²) in [7, 11) is 0. The molecule has 1 N–H and O–H groups in total. The second kappa shape index (κ2) is 9.98. The number of rotatable bonds is 7. The molecule has 0 aromatic carbocycles. The monoisotopic (exact) mass is 418 g/mol. The average molecular weight is 419 g/mol. The van der Waals surface area contributed by atoms with Gasteiger partial charge in [-0.2, -0.15) is 5.10 Å². The van der Waals surface area contributed by atoms with Gasteiger partial charge in [-0.25, -0.2) is 0 Å². The number of hydrogen-bond acceptors (Lipinski definition) is 4. The molecule has 5 heteroatoms. The van der Waals surface area contributed by atoms with E-state index in [0.29, 0.717) is 29.3 Å². The lowest BCUT2D eigenvalue weighted by Gasteiger charge is -2.40. The minimum Gasteiger partial charge on any atom is -0.312 e. The number of likely N-dealkylation sites (tertiary alicyclic amines) is 1. The summed E-state index contributed by atoms with van der Waals surface area (Å²) in [6.07, 6.45) is 18.6. The van der Waals surface area contributed by atoms with Gasteiger partial charge < -0.3 is 10.2 Å². The Labute approximate surface area is 182 Å². The van der Waals surface area contributed by atoms with Crippen LogP contribution in [0.4, 0.5) is 0 Å². The van der Waals surface area contributed by atoms with Gasteiger partial charge in [-0.1, -0.05) is 26.0 Å². The fourth-order valence-electron chi connectivity index (χ4n) is 5.62. The number of hydrogen-bond donors (Lipinski definition) is 1. The summed E-state index contributed by atoms with van der Waals surface area (Å²) in [6, 6.07) is 0.933. The summed E-state index contributed by atoms with van der Waals surface area (Å²) in [5.74, 6) is 2.98. The van der Waals surface area contributed by atoms with Crippen LogP contribution < -0.4 is 5.32 Å².